The van der Waals surface area contributed by atoms with Gasteiger partial charge in [-0.25, -0.2) is 9.71 Å². The molecule has 4 saturated carbocycles. The summed E-state index contributed by atoms with van der Waals surface area (Å²) >= 11 is 0. The minimum Gasteiger partial charge on any atom is -0.274 e. The van der Waals surface area contributed by atoms with E-state index in [1.165, 1.54) is 76.5 Å². The third kappa shape index (κ3) is 4.86. The van der Waals surface area contributed by atoms with Gasteiger partial charge in [0, 0.05) is 12.6 Å². The molecule has 0 bridgehead atoms. The summed E-state index contributed by atoms with van der Waals surface area (Å²) < 4.78 is 27.5. The van der Waals surface area contributed by atoms with Gasteiger partial charge in [0.05, 0.1) is 0 Å². The molecule has 4 aliphatic rings. The van der Waals surface area contributed by atoms with Crippen molar-refractivity contribution >= 4 is 15.9 Å². The van der Waals surface area contributed by atoms with Crippen molar-refractivity contribution in [2.24, 2.45) is 52.3 Å². The largest absolute Gasteiger partial charge is 0.281 e. The Morgan fingerprint density at radius 3 is 2.53 bits per heavy atom. The summed E-state index contributed by atoms with van der Waals surface area (Å²) in [6, 6.07) is 3.15. The lowest BCUT2D eigenvalue weighted by molar-refractivity contribution is -0.138. The van der Waals surface area contributed by atoms with E-state index >= 15 is 0 Å². The maximum atomic E-state index is 12.7. The van der Waals surface area contributed by atoms with Crippen LogP contribution < -0.4 is 4.72 Å². The zero-order chi connectivity index (χ0) is 27.3. The highest BCUT2D eigenvalue weighted by Gasteiger charge is 2.61. The normalized spacial score (nSPS) is 39.5. The van der Waals surface area contributed by atoms with Crippen LogP contribution in [0.5, 0.6) is 0 Å². The number of rotatable bonds is 7. The summed E-state index contributed by atoms with van der Waals surface area (Å²) in [6.07, 6.45) is 16.3. The first-order valence-corrected chi connectivity index (χ1v) is 17.0. The zero-order valence-electron chi connectivity index (χ0n) is 24.3. The predicted octanol–water partition coefficient (Wildman–Crippen LogP) is 7.30. The maximum Gasteiger partial charge on any atom is 0.281 e. The minimum atomic E-state index is -3.92. The Kier molecular flexibility index (Phi) is 7.78. The number of aryl methyl sites for hydroxylation is 1. The first kappa shape index (κ1) is 28.1. The van der Waals surface area contributed by atoms with Crippen LogP contribution in [0.4, 0.5) is 0 Å². The molecule has 5 rings (SSSR count). The van der Waals surface area contributed by atoms with Crippen molar-refractivity contribution in [3.8, 4) is 0 Å². The highest BCUT2D eigenvalue weighted by molar-refractivity contribution is 7.90. The van der Waals surface area contributed by atoms with Crippen LogP contribution >= 0.6 is 0 Å². The molecule has 4 aliphatic carbocycles. The van der Waals surface area contributed by atoms with E-state index in [-0.39, 0.29) is 11.4 Å². The quantitative estimate of drug-likeness (QED) is 0.392. The summed E-state index contributed by atoms with van der Waals surface area (Å²) in [5, 5.41) is -0.0980. The summed E-state index contributed by atoms with van der Waals surface area (Å²) in [5.74, 6) is 5.02. The lowest BCUT2D eigenvalue weighted by Crippen LogP contribution is -2.55. The van der Waals surface area contributed by atoms with Gasteiger partial charge in [-0.2, -0.15) is 8.42 Å². The predicted molar refractivity (Wildman–Crippen MR) is 152 cm³/mol. The van der Waals surface area contributed by atoms with E-state index in [1.807, 2.05) is 6.92 Å². The maximum absolute atomic E-state index is 12.7. The molecule has 1 aromatic rings. The van der Waals surface area contributed by atoms with Gasteiger partial charge in [-0.15, -0.1) is 0 Å². The van der Waals surface area contributed by atoms with E-state index in [2.05, 4.69) is 37.4 Å². The van der Waals surface area contributed by atoms with Crippen LogP contribution in [0.2, 0.25) is 0 Å². The van der Waals surface area contributed by atoms with Crippen molar-refractivity contribution in [1.82, 2.24) is 9.71 Å². The van der Waals surface area contributed by atoms with E-state index in [0.29, 0.717) is 22.7 Å². The molecule has 1 amide bonds. The van der Waals surface area contributed by atoms with Crippen molar-refractivity contribution in [2.45, 2.75) is 117 Å². The van der Waals surface area contributed by atoms with Gasteiger partial charge >= 0.3 is 0 Å². The summed E-state index contributed by atoms with van der Waals surface area (Å²) in [6.45, 7) is 11.8. The number of carbonyl (C=O) groups is 1. The molecule has 3 unspecified atom stereocenters. The second kappa shape index (κ2) is 10.5. The van der Waals surface area contributed by atoms with Crippen molar-refractivity contribution in [2.75, 3.05) is 0 Å². The average molecular weight is 543 g/mol. The second-order valence-electron chi connectivity index (χ2n) is 14.1. The van der Waals surface area contributed by atoms with Gasteiger partial charge in [-0.05, 0) is 122 Å². The van der Waals surface area contributed by atoms with Crippen molar-refractivity contribution in [3.63, 3.8) is 0 Å². The molecular weight excluding hydrogens is 492 g/mol. The monoisotopic (exact) mass is 542 g/mol. The van der Waals surface area contributed by atoms with Crippen LogP contribution in [0.25, 0.3) is 0 Å². The van der Waals surface area contributed by atoms with Crippen molar-refractivity contribution in [1.29, 1.82) is 0 Å². The fraction of sp³-hybridized carbons (Fsp3) is 0.812. The number of amides is 1. The fourth-order valence-corrected chi connectivity index (χ4v) is 11.4. The molecule has 0 spiro atoms. The van der Waals surface area contributed by atoms with Gasteiger partial charge in [0.1, 0.15) is 0 Å². The lowest BCUT2D eigenvalue weighted by atomic mass is 9.42. The van der Waals surface area contributed by atoms with E-state index < -0.39 is 15.9 Å². The number of hydrogen-bond donors (Lipinski definition) is 1. The van der Waals surface area contributed by atoms with Crippen molar-refractivity contribution < 1.29 is 13.2 Å². The number of aromatic nitrogens is 1. The Morgan fingerprint density at radius 1 is 1.05 bits per heavy atom. The molecule has 212 valence electrons. The number of nitrogens with zero attached hydrogens (tertiary/aromatic N) is 1. The van der Waals surface area contributed by atoms with Crippen LogP contribution in [0.3, 0.4) is 0 Å². The van der Waals surface area contributed by atoms with Gasteiger partial charge in [0.25, 0.3) is 10.0 Å². The molecule has 0 aliphatic heterocycles. The number of carbonyl (C=O) groups excluding carboxylic acids is 1. The van der Waals surface area contributed by atoms with Crippen molar-refractivity contribution in [3.05, 3.63) is 23.9 Å². The SMILES string of the molecule is CC[C@H]1CC2C3CC[C@H]([C@H](C)CCC(=O)NS(=O)(=O)c4ccc(C)cn4)[C@@]3(C)CCC2[C@@]2(C)CCCC[C@@H]12. The number of pyridine rings is 1. The molecule has 1 N–H and O–H groups in total. The van der Waals surface area contributed by atoms with Crippen LogP contribution in [-0.4, -0.2) is 19.3 Å². The molecule has 6 heteroatoms. The minimum absolute atomic E-state index is 0.0980. The number of hydrogen-bond acceptors (Lipinski definition) is 4. The van der Waals surface area contributed by atoms with Gasteiger partial charge in [0.2, 0.25) is 5.91 Å². The van der Waals surface area contributed by atoms with Crippen LogP contribution in [0, 0.1) is 59.2 Å². The van der Waals surface area contributed by atoms with E-state index in [0.717, 1.165) is 41.6 Å². The Labute approximate surface area is 231 Å². The Balaban J connectivity index is 1.23. The Hall–Kier alpha value is -1.43. The van der Waals surface area contributed by atoms with E-state index in [4.69, 9.17) is 0 Å². The molecule has 38 heavy (non-hydrogen) atoms. The second-order valence-corrected chi connectivity index (χ2v) is 15.7. The third-order valence-electron chi connectivity index (χ3n) is 12.3. The average Bonchev–Trinajstić information content (AvgIpc) is 3.24. The number of nitrogens with one attached hydrogen (secondary N) is 1. The van der Waals surface area contributed by atoms with Crippen LogP contribution in [0.15, 0.2) is 23.4 Å². The highest BCUT2D eigenvalue weighted by atomic mass is 32.2. The summed E-state index contributed by atoms with van der Waals surface area (Å²) in [5.41, 5.74) is 1.78. The first-order chi connectivity index (χ1) is 18.0. The summed E-state index contributed by atoms with van der Waals surface area (Å²) in [4.78, 5) is 16.7. The zero-order valence-corrected chi connectivity index (χ0v) is 25.2. The van der Waals surface area contributed by atoms with Gasteiger partial charge in [-0.1, -0.05) is 53.0 Å². The van der Waals surface area contributed by atoms with Crippen LogP contribution in [-0.2, 0) is 14.8 Å². The third-order valence-corrected chi connectivity index (χ3v) is 13.6. The smallest absolute Gasteiger partial charge is 0.274 e. The van der Waals surface area contributed by atoms with Gasteiger partial charge in [-0.3, -0.25) is 4.79 Å². The number of sulfonamides is 1. The molecule has 5 nitrogen and oxygen atoms in total. The molecule has 0 radical (unpaired) electrons. The van der Waals surface area contributed by atoms with E-state index in [9.17, 15) is 13.2 Å². The molecule has 1 heterocycles. The fourth-order valence-electron chi connectivity index (χ4n) is 10.4. The van der Waals surface area contributed by atoms with E-state index in [1.54, 1.807) is 6.07 Å². The molecule has 4 fully saturated rings. The molecule has 1 aromatic heterocycles. The van der Waals surface area contributed by atoms with Gasteiger partial charge < -0.3 is 0 Å². The Morgan fingerprint density at radius 2 is 1.82 bits per heavy atom. The molecule has 9 atom stereocenters. The highest BCUT2D eigenvalue weighted by Crippen LogP contribution is 2.69. The molecular formula is C32H50N2O3S. The first-order valence-electron chi connectivity index (χ1n) is 15.5. The van der Waals surface area contributed by atoms with Gasteiger partial charge in [0.15, 0.2) is 5.03 Å². The Bertz CT molecular complexity index is 1120. The molecule has 0 aromatic carbocycles. The topological polar surface area (TPSA) is 76.1 Å². The lowest BCUT2D eigenvalue weighted by Gasteiger charge is -2.63. The number of fused-ring (bicyclic) bond motifs is 5. The summed E-state index contributed by atoms with van der Waals surface area (Å²) in [7, 11) is -3.92. The molecule has 0 saturated heterocycles. The van der Waals surface area contributed by atoms with Crippen LogP contribution in [0.1, 0.15) is 110 Å². The standard InChI is InChI=1S/C32H50N2O3S/c1-6-23-19-24-27-13-12-25(32(27,5)18-16-28(24)31(4)17-8-7-9-26(23)31)22(3)11-14-29(35)34-38(36,37)30-15-10-21(2)20-33-30/h10,15,20,22-28H,6-9,11-14,16-19H2,1-5H3,(H,34,35)/t22-,23+,24?,25-,26+,27?,28?,31+,32-/m1/s1.